The van der Waals surface area contributed by atoms with Crippen LogP contribution in [0.25, 0.3) is 0 Å². The fourth-order valence-corrected chi connectivity index (χ4v) is 0.427. The lowest BCUT2D eigenvalue weighted by Gasteiger charge is -2.07. The molecule has 0 atom stereocenters. The Balaban J connectivity index is 2.53. The van der Waals surface area contributed by atoms with E-state index < -0.39 is 0 Å². The first-order chi connectivity index (χ1) is 3.93. The largest absolute Gasteiger partial charge is 0.474 e. The van der Waals surface area contributed by atoms with Crippen molar-refractivity contribution in [3.63, 3.8) is 0 Å². The van der Waals surface area contributed by atoms with Gasteiger partial charge in [-0.25, -0.2) is 0 Å². The molecule has 8 heavy (non-hydrogen) atoms. The molecule has 0 aromatic carbocycles. The molecule has 1 aliphatic heterocycles. The van der Waals surface area contributed by atoms with Gasteiger partial charge in [0, 0.05) is 0 Å². The zero-order valence-corrected chi connectivity index (χ0v) is 4.26. The minimum absolute atomic E-state index is 0.269. The van der Waals surface area contributed by atoms with Gasteiger partial charge in [0.05, 0.1) is 12.2 Å². The van der Waals surface area contributed by atoms with Crippen LogP contribution in [0, 0.1) is 11.3 Å². The van der Waals surface area contributed by atoms with Crippen molar-refractivity contribution in [3.8, 4) is 6.07 Å². The van der Waals surface area contributed by atoms with Crippen molar-refractivity contribution in [2.45, 2.75) is 0 Å². The molecule has 1 aliphatic rings. The molecular weight excluding hydrogens is 106 g/mol. The second kappa shape index (κ2) is 2.34. The normalized spacial score (nSPS) is 18.1. The fourth-order valence-electron chi connectivity index (χ4n) is 0.427. The summed E-state index contributed by atoms with van der Waals surface area (Å²) in [7, 11) is 0. The van der Waals surface area contributed by atoms with E-state index in [1.165, 1.54) is 6.26 Å². The molecule has 0 aromatic heterocycles. The summed E-state index contributed by atoms with van der Waals surface area (Å²) in [5.74, 6) is 0. The predicted molar refractivity (Wildman–Crippen MR) is 25.6 cm³/mol. The van der Waals surface area contributed by atoms with Crippen LogP contribution in [0.2, 0.25) is 0 Å². The maximum atomic E-state index is 8.21. The zero-order chi connectivity index (χ0) is 5.82. The van der Waals surface area contributed by atoms with Crippen molar-refractivity contribution in [1.29, 1.82) is 5.26 Å². The monoisotopic (exact) mass is 111 g/mol. The van der Waals surface area contributed by atoms with Gasteiger partial charge in [0.15, 0.2) is 6.79 Å². The first-order valence-electron chi connectivity index (χ1n) is 2.22. The van der Waals surface area contributed by atoms with Crippen LogP contribution in [0.3, 0.4) is 0 Å². The minimum atomic E-state index is 0.269. The van der Waals surface area contributed by atoms with Crippen LogP contribution in [-0.2, 0) is 9.47 Å². The van der Waals surface area contributed by atoms with E-state index in [-0.39, 0.29) is 6.79 Å². The average Bonchev–Trinajstić information content (AvgIpc) is 1.90. The van der Waals surface area contributed by atoms with Gasteiger partial charge in [0.25, 0.3) is 0 Å². The summed E-state index contributed by atoms with van der Waals surface area (Å²) in [6.45, 7) is 0.654. The third kappa shape index (κ3) is 0.983. The quantitative estimate of drug-likeness (QED) is 0.454. The molecule has 0 saturated carbocycles. The Morgan fingerprint density at radius 2 is 2.62 bits per heavy atom. The highest BCUT2D eigenvalue weighted by molar-refractivity contribution is 5.19. The van der Waals surface area contributed by atoms with Crippen LogP contribution in [0.15, 0.2) is 11.8 Å². The molecule has 42 valence electrons. The number of ether oxygens (including phenoxy) is 2. The molecule has 0 radical (unpaired) electrons. The van der Waals surface area contributed by atoms with E-state index in [0.717, 1.165) is 0 Å². The lowest BCUT2D eigenvalue weighted by Crippen LogP contribution is -2.06. The summed E-state index contributed by atoms with van der Waals surface area (Å²) in [4.78, 5) is 0. The smallest absolute Gasteiger partial charge is 0.188 e. The maximum absolute atomic E-state index is 8.21. The Hall–Kier alpha value is -1.01. The fraction of sp³-hybridized carbons (Fsp3) is 0.400. The molecule has 1 heterocycles. The van der Waals surface area contributed by atoms with Crippen LogP contribution < -0.4 is 0 Å². The van der Waals surface area contributed by atoms with Gasteiger partial charge < -0.3 is 9.47 Å². The van der Waals surface area contributed by atoms with Crippen LogP contribution >= 0.6 is 0 Å². The number of rotatable bonds is 0. The van der Waals surface area contributed by atoms with Crippen molar-refractivity contribution >= 4 is 0 Å². The number of hydrogen-bond donors (Lipinski definition) is 0. The van der Waals surface area contributed by atoms with Gasteiger partial charge in [-0.05, 0) is 0 Å². The van der Waals surface area contributed by atoms with E-state index in [0.29, 0.717) is 12.2 Å². The highest BCUT2D eigenvalue weighted by Gasteiger charge is 2.00. The second-order valence-electron chi connectivity index (χ2n) is 1.39. The van der Waals surface area contributed by atoms with Gasteiger partial charge >= 0.3 is 0 Å². The first kappa shape index (κ1) is 5.13. The Morgan fingerprint density at radius 1 is 1.75 bits per heavy atom. The van der Waals surface area contributed by atoms with Crippen molar-refractivity contribution < 1.29 is 9.47 Å². The SMILES string of the molecule is N#CC1=COCOC1. The third-order valence-corrected chi connectivity index (χ3v) is 0.778. The number of nitriles is 1. The van der Waals surface area contributed by atoms with Crippen molar-refractivity contribution in [1.82, 2.24) is 0 Å². The molecule has 3 heteroatoms. The Kier molecular flexibility index (Phi) is 1.50. The Morgan fingerprint density at radius 3 is 3.00 bits per heavy atom. The van der Waals surface area contributed by atoms with Crippen molar-refractivity contribution in [2.24, 2.45) is 0 Å². The minimum Gasteiger partial charge on any atom is -0.474 e. The number of hydrogen-bond acceptors (Lipinski definition) is 3. The van der Waals surface area contributed by atoms with Crippen molar-refractivity contribution in [3.05, 3.63) is 11.8 Å². The average molecular weight is 111 g/mol. The van der Waals surface area contributed by atoms with Gasteiger partial charge in [0.1, 0.15) is 12.3 Å². The second-order valence-corrected chi connectivity index (χ2v) is 1.39. The molecule has 1 rings (SSSR count). The van der Waals surface area contributed by atoms with E-state index in [2.05, 4.69) is 4.74 Å². The molecule has 0 N–H and O–H groups in total. The van der Waals surface area contributed by atoms with Gasteiger partial charge in [-0.2, -0.15) is 5.26 Å². The topological polar surface area (TPSA) is 42.2 Å². The molecule has 3 nitrogen and oxygen atoms in total. The molecule has 0 bridgehead atoms. The van der Waals surface area contributed by atoms with Crippen LogP contribution in [0.4, 0.5) is 0 Å². The molecule has 0 fully saturated rings. The molecule has 0 saturated heterocycles. The predicted octanol–water partition coefficient (Wildman–Crippen LogP) is 0.398. The van der Waals surface area contributed by atoms with E-state index in [1.807, 2.05) is 6.07 Å². The lowest BCUT2D eigenvalue weighted by molar-refractivity contribution is -0.0184. The first-order valence-corrected chi connectivity index (χ1v) is 2.22. The van der Waals surface area contributed by atoms with Crippen LogP contribution in [0.1, 0.15) is 0 Å². The third-order valence-electron chi connectivity index (χ3n) is 0.778. The Labute approximate surface area is 47.1 Å². The van der Waals surface area contributed by atoms with E-state index in [4.69, 9.17) is 10.00 Å². The zero-order valence-electron chi connectivity index (χ0n) is 4.26. The summed E-state index contributed by atoms with van der Waals surface area (Å²) >= 11 is 0. The molecule has 0 spiro atoms. The standard InChI is InChI=1S/C5H5NO2/c6-1-5-2-7-4-8-3-5/h2H,3-4H2. The summed E-state index contributed by atoms with van der Waals surface area (Å²) in [5, 5.41) is 8.21. The van der Waals surface area contributed by atoms with E-state index >= 15 is 0 Å². The van der Waals surface area contributed by atoms with Crippen LogP contribution in [0.5, 0.6) is 0 Å². The summed E-state index contributed by atoms with van der Waals surface area (Å²) in [6, 6.07) is 1.92. The van der Waals surface area contributed by atoms with E-state index in [9.17, 15) is 0 Å². The highest BCUT2D eigenvalue weighted by atomic mass is 16.7. The summed E-state index contributed by atoms with van der Waals surface area (Å²) < 4.78 is 9.43. The molecule has 0 aromatic rings. The van der Waals surface area contributed by atoms with Gasteiger partial charge in [0.2, 0.25) is 0 Å². The van der Waals surface area contributed by atoms with E-state index in [1.54, 1.807) is 0 Å². The molecule has 0 unspecified atom stereocenters. The molecule has 0 amide bonds. The molecular formula is C5H5NO2. The Bertz CT molecular complexity index is 145. The number of nitrogens with zero attached hydrogens (tertiary/aromatic N) is 1. The summed E-state index contributed by atoms with van der Waals surface area (Å²) in [5.41, 5.74) is 0.538. The lowest BCUT2D eigenvalue weighted by atomic mass is 10.3. The van der Waals surface area contributed by atoms with Gasteiger partial charge in [-0.15, -0.1) is 0 Å². The van der Waals surface area contributed by atoms with Gasteiger partial charge in [-0.3, -0.25) is 0 Å². The highest BCUT2D eigenvalue weighted by Crippen LogP contribution is 1.99. The summed E-state index contributed by atoms with van der Waals surface area (Å²) in [6.07, 6.45) is 1.42. The van der Waals surface area contributed by atoms with Crippen molar-refractivity contribution in [2.75, 3.05) is 13.4 Å². The maximum Gasteiger partial charge on any atom is 0.188 e. The van der Waals surface area contributed by atoms with Crippen LogP contribution in [-0.4, -0.2) is 13.4 Å². The van der Waals surface area contributed by atoms with Gasteiger partial charge in [-0.1, -0.05) is 0 Å². The molecule has 0 aliphatic carbocycles.